The van der Waals surface area contributed by atoms with Crippen molar-refractivity contribution in [3.63, 3.8) is 0 Å². The zero-order chi connectivity index (χ0) is 21.6. The van der Waals surface area contributed by atoms with E-state index in [4.69, 9.17) is 0 Å². The van der Waals surface area contributed by atoms with Crippen LogP contribution in [0.1, 0.15) is 25.7 Å². The van der Waals surface area contributed by atoms with Gasteiger partial charge >= 0.3 is 0 Å². The van der Waals surface area contributed by atoms with Crippen molar-refractivity contribution < 1.29 is 0 Å². The average molecular weight is 437 g/mol. The first-order chi connectivity index (χ1) is 14.7. The first-order valence-electron chi connectivity index (χ1n) is 10.2. The Labute approximate surface area is 190 Å². The molecule has 0 unspecified atom stereocenters. The smallest absolute Gasteiger partial charge is 0.0489 e. The lowest BCUT2D eigenvalue weighted by Crippen LogP contribution is -2.18. The zero-order valence-electron chi connectivity index (χ0n) is 17.6. The highest BCUT2D eigenvalue weighted by Crippen LogP contribution is 2.43. The third-order valence-corrected chi connectivity index (χ3v) is 7.00. The molecule has 0 atom stereocenters. The van der Waals surface area contributed by atoms with E-state index in [0.717, 1.165) is 37.1 Å². The van der Waals surface area contributed by atoms with Crippen LogP contribution in [0.5, 0.6) is 0 Å². The molecule has 0 aromatic heterocycles. The first kappa shape index (κ1) is 24.0. The van der Waals surface area contributed by atoms with E-state index in [1.54, 1.807) is 21.6 Å². The second kappa shape index (κ2) is 13.8. The second-order valence-corrected chi connectivity index (χ2v) is 9.15. The Balaban J connectivity index is 2.12. The first-order valence-corrected chi connectivity index (χ1v) is 12.4. The van der Waals surface area contributed by atoms with Gasteiger partial charge in [-0.1, -0.05) is 70.2 Å². The monoisotopic (exact) mass is 436 g/mol. The van der Waals surface area contributed by atoms with E-state index in [2.05, 4.69) is 85.5 Å². The summed E-state index contributed by atoms with van der Waals surface area (Å²) in [5.41, 5.74) is 2.29. The van der Waals surface area contributed by atoms with Gasteiger partial charge in [0.2, 0.25) is 0 Å². The van der Waals surface area contributed by atoms with Gasteiger partial charge < -0.3 is 10.6 Å². The summed E-state index contributed by atoms with van der Waals surface area (Å²) in [6.45, 7) is 15.5. The fourth-order valence-electron chi connectivity index (χ4n) is 3.08. The lowest BCUT2D eigenvalue weighted by atomic mass is 10.1. The molecule has 2 aromatic rings. The molecule has 0 bridgehead atoms. The van der Waals surface area contributed by atoms with Gasteiger partial charge in [-0.2, -0.15) is 0 Å². The molecular formula is C26H32N2S2. The molecule has 0 aliphatic carbocycles. The van der Waals surface area contributed by atoms with E-state index >= 15 is 0 Å². The lowest BCUT2D eigenvalue weighted by Gasteiger charge is -2.20. The molecule has 0 amide bonds. The molecule has 0 fully saturated rings. The molecule has 2 rings (SSSR count). The quantitative estimate of drug-likeness (QED) is 0.216. The average Bonchev–Trinajstić information content (AvgIpc) is 2.75. The standard InChI is InChI=1S/C26H32N2S2/c1-5-13-21(14-6-2)27-23-17-9-11-19-25(23)29-30-26-20-12-10-18-24(26)28-22(15-7-3)16-8-4/h5-12,17-22,27-28H,1-4,13-16H2. The van der Waals surface area contributed by atoms with Gasteiger partial charge in [0.1, 0.15) is 0 Å². The van der Waals surface area contributed by atoms with E-state index in [1.807, 2.05) is 24.3 Å². The van der Waals surface area contributed by atoms with Crippen LogP contribution in [0.3, 0.4) is 0 Å². The van der Waals surface area contributed by atoms with Gasteiger partial charge in [0.15, 0.2) is 0 Å². The SMILES string of the molecule is C=CCC(CC=C)Nc1ccccc1SSc1ccccc1NC(CC=C)CC=C. The maximum atomic E-state index is 3.88. The van der Waals surface area contributed by atoms with E-state index in [-0.39, 0.29) is 0 Å². The molecular weight excluding hydrogens is 404 g/mol. The number of nitrogens with one attached hydrogen (secondary N) is 2. The van der Waals surface area contributed by atoms with Crippen LogP contribution in [0.2, 0.25) is 0 Å². The molecule has 0 heterocycles. The molecule has 30 heavy (non-hydrogen) atoms. The molecule has 0 spiro atoms. The Bertz CT molecular complexity index is 742. The van der Waals surface area contributed by atoms with Gasteiger partial charge in [0, 0.05) is 33.2 Å². The van der Waals surface area contributed by atoms with Crippen molar-refractivity contribution in [2.45, 2.75) is 47.6 Å². The highest BCUT2D eigenvalue weighted by atomic mass is 33.1. The Morgan fingerprint density at radius 3 is 1.27 bits per heavy atom. The third kappa shape index (κ3) is 7.85. The Morgan fingerprint density at radius 1 is 0.600 bits per heavy atom. The van der Waals surface area contributed by atoms with Crippen molar-refractivity contribution in [2.24, 2.45) is 0 Å². The number of para-hydroxylation sites is 2. The molecule has 0 aliphatic heterocycles. The fraction of sp³-hybridized carbons (Fsp3) is 0.231. The fourth-order valence-corrected chi connectivity index (χ4v) is 5.37. The minimum absolute atomic E-state index is 0.305. The molecule has 2 N–H and O–H groups in total. The van der Waals surface area contributed by atoms with Crippen LogP contribution in [-0.2, 0) is 0 Å². The molecule has 2 aromatic carbocycles. The summed E-state index contributed by atoms with van der Waals surface area (Å²) in [6.07, 6.45) is 11.4. The van der Waals surface area contributed by atoms with Crippen molar-refractivity contribution in [2.75, 3.05) is 10.6 Å². The van der Waals surface area contributed by atoms with Crippen molar-refractivity contribution in [3.05, 3.63) is 99.2 Å². The van der Waals surface area contributed by atoms with Crippen molar-refractivity contribution in [3.8, 4) is 0 Å². The molecule has 0 radical (unpaired) electrons. The predicted octanol–water partition coefficient (Wildman–Crippen LogP) is 8.35. The summed E-state index contributed by atoms with van der Waals surface area (Å²) in [6, 6.07) is 17.5. The summed E-state index contributed by atoms with van der Waals surface area (Å²) >= 11 is 0. The minimum Gasteiger partial charge on any atom is -0.381 e. The molecule has 0 saturated heterocycles. The van der Waals surface area contributed by atoms with Crippen LogP contribution >= 0.6 is 21.6 Å². The summed E-state index contributed by atoms with van der Waals surface area (Å²) in [5, 5.41) is 7.30. The van der Waals surface area contributed by atoms with Crippen LogP contribution in [0.15, 0.2) is 109 Å². The van der Waals surface area contributed by atoms with Crippen LogP contribution in [0, 0.1) is 0 Å². The largest absolute Gasteiger partial charge is 0.381 e. The highest BCUT2D eigenvalue weighted by Gasteiger charge is 2.12. The van der Waals surface area contributed by atoms with E-state index < -0.39 is 0 Å². The Hall–Kier alpha value is -2.30. The molecule has 158 valence electrons. The highest BCUT2D eigenvalue weighted by molar-refractivity contribution is 8.76. The summed E-state index contributed by atoms with van der Waals surface area (Å²) in [4.78, 5) is 2.42. The molecule has 0 aliphatic rings. The van der Waals surface area contributed by atoms with Gasteiger partial charge in [-0.15, -0.1) is 26.3 Å². The van der Waals surface area contributed by atoms with E-state index in [9.17, 15) is 0 Å². The van der Waals surface area contributed by atoms with Gasteiger partial charge in [0.05, 0.1) is 0 Å². The normalized spacial score (nSPS) is 10.6. The summed E-state index contributed by atoms with van der Waals surface area (Å²) in [7, 11) is 3.54. The topological polar surface area (TPSA) is 24.1 Å². The zero-order valence-corrected chi connectivity index (χ0v) is 19.2. The van der Waals surface area contributed by atoms with Gasteiger partial charge in [-0.05, 0) is 49.9 Å². The number of rotatable bonds is 15. The van der Waals surface area contributed by atoms with Gasteiger partial charge in [-0.3, -0.25) is 0 Å². The maximum Gasteiger partial charge on any atom is 0.0489 e. The second-order valence-electron chi connectivity index (χ2n) is 6.94. The number of hydrogen-bond donors (Lipinski definition) is 2. The van der Waals surface area contributed by atoms with Crippen molar-refractivity contribution >= 4 is 33.0 Å². The maximum absolute atomic E-state index is 3.88. The van der Waals surface area contributed by atoms with Gasteiger partial charge in [0.25, 0.3) is 0 Å². The van der Waals surface area contributed by atoms with Crippen LogP contribution in [-0.4, -0.2) is 12.1 Å². The van der Waals surface area contributed by atoms with Crippen LogP contribution in [0.25, 0.3) is 0 Å². The Morgan fingerprint density at radius 2 is 0.933 bits per heavy atom. The third-order valence-electron chi connectivity index (χ3n) is 4.52. The van der Waals surface area contributed by atoms with Crippen LogP contribution in [0.4, 0.5) is 11.4 Å². The van der Waals surface area contributed by atoms with Crippen molar-refractivity contribution in [1.82, 2.24) is 0 Å². The Kier molecular flexibility index (Phi) is 11.1. The summed E-state index contributed by atoms with van der Waals surface area (Å²) in [5.74, 6) is 0. The molecule has 2 nitrogen and oxygen atoms in total. The lowest BCUT2D eigenvalue weighted by molar-refractivity contribution is 0.743. The number of anilines is 2. The summed E-state index contributed by atoms with van der Waals surface area (Å²) < 4.78 is 0. The van der Waals surface area contributed by atoms with E-state index in [1.165, 1.54) is 9.79 Å². The predicted molar refractivity (Wildman–Crippen MR) is 139 cm³/mol. The molecule has 4 heteroatoms. The number of hydrogen-bond acceptors (Lipinski definition) is 4. The van der Waals surface area contributed by atoms with Crippen molar-refractivity contribution in [1.29, 1.82) is 0 Å². The van der Waals surface area contributed by atoms with Gasteiger partial charge in [-0.25, -0.2) is 0 Å². The molecule has 0 saturated carbocycles. The van der Waals surface area contributed by atoms with E-state index in [0.29, 0.717) is 12.1 Å². The van der Waals surface area contributed by atoms with Crippen LogP contribution < -0.4 is 10.6 Å². The minimum atomic E-state index is 0.305. The number of benzene rings is 2.